The number of esters is 1. The first kappa shape index (κ1) is 14.0. The number of halogens is 1. The molecule has 0 bridgehead atoms. The average Bonchev–Trinajstić information content (AvgIpc) is 2.98. The van der Waals surface area contributed by atoms with Gasteiger partial charge < -0.3 is 10.1 Å². The molecule has 2 rings (SSSR count). The summed E-state index contributed by atoms with van der Waals surface area (Å²) in [6.07, 6.45) is 0. The number of carbonyl (C=O) groups excluding carboxylic acids is 2. The molecule has 0 spiro atoms. The van der Waals surface area contributed by atoms with E-state index in [1.807, 2.05) is 0 Å². The summed E-state index contributed by atoms with van der Waals surface area (Å²) in [5, 5.41) is 4.90. The van der Waals surface area contributed by atoms with Gasteiger partial charge in [-0.1, -0.05) is 11.6 Å². The molecule has 0 saturated heterocycles. The standard InChI is InChI=1S/C12H10ClNO3S2/c1-2-17-12(16)7-5-6-18-11(7)14-10(15)8-3-4-9(13)19-8/h3-6H,2H2,1H3,(H,14,15). The molecule has 7 heteroatoms. The molecule has 1 N–H and O–H groups in total. The highest BCUT2D eigenvalue weighted by molar-refractivity contribution is 7.18. The molecule has 0 aliphatic carbocycles. The lowest BCUT2D eigenvalue weighted by Gasteiger charge is -2.04. The Balaban J connectivity index is 2.13. The van der Waals surface area contributed by atoms with Gasteiger partial charge in [-0.2, -0.15) is 0 Å². The zero-order valence-corrected chi connectivity index (χ0v) is 12.3. The lowest BCUT2D eigenvalue weighted by molar-refractivity contribution is 0.0528. The van der Waals surface area contributed by atoms with Crippen molar-refractivity contribution in [1.82, 2.24) is 0 Å². The second-order valence-electron chi connectivity index (χ2n) is 3.44. The summed E-state index contributed by atoms with van der Waals surface area (Å²) in [5.41, 5.74) is 0.364. The molecule has 0 atom stereocenters. The van der Waals surface area contributed by atoms with E-state index >= 15 is 0 Å². The molecule has 100 valence electrons. The highest BCUT2D eigenvalue weighted by atomic mass is 35.5. The van der Waals surface area contributed by atoms with Gasteiger partial charge in [0.15, 0.2) is 0 Å². The first-order valence-corrected chi connectivity index (χ1v) is 7.50. The molecule has 0 aliphatic heterocycles. The molecule has 0 aromatic carbocycles. The van der Waals surface area contributed by atoms with Crippen LogP contribution in [0.2, 0.25) is 4.34 Å². The maximum absolute atomic E-state index is 12.0. The zero-order chi connectivity index (χ0) is 13.8. The van der Waals surface area contributed by atoms with Crippen LogP contribution in [0.5, 0.6) is 0 Å². The van der Waals surface area contributed by atoms with Gasteiger partial charge in [-0.15, -0.1) is 22.7 Å². The van der Waals surface area contributed by atoms with E-state index < -0.39 is 5.97 Å². The van der Waals surface area contributed by atoms with Gasteiger partial charge in [-0.3, -0.25) is 4.79 Å². The van der Waals surface area contributed by atoms with Crippen molar-refractivity contribution in [1.29, 1.82) is 0 Å². The molecule has 0 aliphatic rings. The van der Waals surface area contributed by atoms with E-state index in [-0.39, 0.29) is 5.91 Å². The maximum Gasteiger partial charge on any atom is 0.341 e. The fraction of sp³-hybridized carbons (Fsp3) is 0.167. The second kappa shape index (κ2) is 6.18. The van der Waals surface area contributed by atoms with Crippen molar-refractivity contribution in [2.24, 2.45) is 0 Å². The van der Waals surface area contributed by atoms with Crippen LogP contribution < -0.4 is 5.32 Å². The van der Waals surface area contributed by atoms with Crippen LogP contribution in [-0.4, -0.2) is 18.5 Å². The maximum atomic E-state index is 12.0. The summed E-state index contributed by atoms with van der Waals surface area (Å²) in [6, 6.07) is 4.92. The molecule has 19 heavy (non-hydrogen) atoms. The molecule has 4 nitrogen and oxygen atoms in total. The number of hydrogen-bond acceptors (Lipinski definition) is 5. The van der Waals surface area contributed by atoms with Crippen molar-refractivity contribution in [2.75, 3.05) is 11.9 Å². The van der Waals surface area contributed by atoms with Gasteiger partial charge in [0.05, 0.1) is 21.4 Å². The van der Waals surface area contributed by atoms with Crippen LogP contribution >= 0.6 is 34.3 Å². The highest BCUT2D eigenvalue weighted by Gasteiger charge is 2.17. The summed E-state index contributed by atoms with van der Waals surface area (Å²) in [7, 11) is 0. The number of amides is 1. The summed E-state index contributed by atoms with van der Waals surface area (Å²) in [6.45, 7) is 2.03. The van der Waals surface area contributed by atoms with E-state index in [4.69, 9.17) is 16.3 Å². The van der Waals surface area contributed by atoms with E-state index in [2.05, 4.69) is 5.32 Å². The molecule has 2 heterocycles. The largest absolute Gasteiger partial charge is 0.462 e. The van der Waals surface area contributed by atoms with Crippen molar-refractivity contribution in [3.05, 3.63) is 38.4 Å². The summed E-state index contributed by atoms with van der Waals surface area (Å²) in [4.78, 5) is 24.1. The average molecular weight is 316 g/mol. The van der Waals surface area contributed by atoms with E-state index in [0.717, 1.165) is 0 Å². The molecule has 1 amide bonds. The Morgan fingerprint density at radius 3 is 2.79 bits per heavy atom. The Bertz CT molecular complexity index is 606. The Kier molecular flexibility index (Phi) is 4.57. The van der Waals surface area contributed by atoms with Crippen LogP contribution in [0.15, 0.2) is 23.6 Å². The first-order chi connectivity index (χ1) is 9.11. The summed E-state index contributed by atoms with van der Waals surface area (Å²) < 4.78 is 5.46. The molecular formula is C12H10ClNO3S2. The van der Waals surface area contributed by atoms with E-state index in [1.54, 1.807) is 30.5 Å². The topological polar surface area (TPSA) is 55.4 Å². The lowest BCUT2D eigenvalue weighted by Crippen LogP contribution is -2.13. The quantitative estimate of drug-likeness (QED) is 0.871. The third kappa shape index (κ3) is 3.34. The number of hydrogen-bond donors (Lipinski definition) is 1. The van der Waals surface area contributed by atoms with Crippen molar-refractivity contribution < 1.29 is 14.3 Å². The smallest absolute Gasteiger partial charge is 0.341 e. The van der Waals surface area contributed by atoms with Crippen LogP contribution in [0.1, 0.15) is 27.0 Å². The minimum atomic E-state index is -0.441. The van der Waals surface area contributed by atoms with Crippen molar-refractivity contribution in [3.63, 3.8) is 0 Å². The normalized spacial score (nSPS) is 10.2. The van der Waals surface area contributed by atoms with Crippen molar-refractivity contribution in [2.45, 2.75) is 6.92 Å². The minimum absolute atomic E-state index is 0.287. The van der Waals surface area contributed by atoms with E-state index in [9.17, 15) is 9.59 Å². The predicted octanol–water partition coefficient (Wildman–Crippen LogP) is 3.89. The van der Waals surface area contributed by atoms with Gasteiger partial charge in [0.1, 0.15) is 5.00 Å². The van der Waals surface area contributed by atoms with E-state index in [0.29, 0.717) is 26.4 Å². The fourth-order valence-corrected chi connectivity index (χ4v) is 3.09. The SMILES string of the molecule is CCOC(=O)c1ccsc1NC(=O)c1ccc(Cl)s1. The Hall–Kier alpha value is -1.37. The Morgan fingerprint density at radius 1 is 1.37 bits per heavy atom. The number of rotatable bonds is 4. The molecule has 2 aromatic heterocycles. The van der Waals surface area contributed by atoms with Gasteiger partial charge in [0, 0.05) is 0 Å². The Morgan fingerprint density at radius 2 is 2.16 bits per heavy atom. The van der Waals surface area contributed by atoms with Gasteiger partial charge in [0.2, 0.25) is 0 Å². The van der Waals surface area contributed by atoms with Crippen LogP contribution in [0, 0.1) is 0 Å². The van der Waals surface area contributed by atoms with E-state index in [1.165, 1.54) is 22.7 Å². The molecule has 0 saturated carbocycles. The second-order valence-corrected chi connectivity index (χ2v) is 6.07. The molecule has 0 unspecified atom stereocenters. The number of nitrogens with one attached hydrogen (secondary N) is 1. The lowest BCUT2D eigenvalue weighted by atomic mass is 10.3. The van der Waals surface area contributed by atoms with Gasteiger partial charge >= 0.3 is 5.97 Å². The first-order valence-electron chi connectivity index (χ1n) is 5.43. The van der Waals surface area contributed by atoms with Crippen molar-refractivity contribution in [3.8, 4) is 0 Å². The van der Waals surface area contributed by atoms with Gasteiger partial charge in [0.25, 0.3) is 5.91 Å². The Labute approximate surface area is 123 Å². The third-order valence-electron chi connectivity index (χ3n) is 2.18. The zero-order valence-electron chi connectivity index (χ0n) is 9.94. The van der Waals surface area contributed by atoms with Crippen molar-refractivity contribution >= 4 is 51.2 Å². The minimum Gasteiger partial charge on any atom is -0.462 e. The predicted molar refractivity (Wildman–Crippen MR) is 77.6 cm³/mol. The number of anilines is 1. The van der Waals surface area contributed by atoms with Crippen LogP contribution in [0.25, 0.3) is 0 Å². The van der Waals surface area contributed by atoms with Gasteiger partial charge in [-0.25, -0.2) is 4.79 Å². The van der Waals surface area contributed by atoms with Gasteiger partial charge in [-0.05, 0) is 30.5 Å². The molecule has 0 fully saturated rings. The fourth-order valence-electron chi connectivity index (χ4n) is 1.38. The van der Waals surface area contributed by atoms with Crippen LogP contribution in [0.4, 0.5) is 5.00 Å². The molecule has 0 radical (unpaired) electrons. The molecule has 2 aromatic rings. The third-order valence-corrected chi connectivity index (χ3v) is 4.24. The summed E-state index contributed by atoms with van der Waals surface area (Å²) in [5.74, 6) is -0.729. The van der Waals surface area contributed by atoms with Crippen LogP contribution in [0.3, 0.4) is 0 Å². The molecular weight excluding hydrogens is 306 g/mol. The monoisotopic (exact) mass is 315 g/mol. The summed E-state index contributed by atoms with van der Waals surface area (Å²) >= 11 is 8.23. The number of thiophene rings is 2. The van der Waals surface area contributed by atoms with Crippen LogP contribution in [-0.2, 0) is 4.74 Å². The highest BCUT2D eigenvalue weighted by Crippen LogP contribution is 2.27. The number of carbonyl (C=O) groups is 2. The number of ether oxygens (including phenoxy) is 1.